The normalized spacial score (nSPS) is 14.4. The van der Waals surface area contributed by atoms with Gasteiger partial charge in [0.1, 0.15) is 5.82 Å². The maximum Gasteiger partial charge on any atom is 0.194 e. The lowest BCUT2D eigenvalue weighted by Crippen LogP contribution is -2.35. The topological polar surface area (TPSA) is 27.6 Å². The second-order valence-corrected chi connectivity index (χ2v) is 3.57. The van der Waals surface area contributed by atoms with Gasteiger partial charge in [0, 0.05) is 25.7 Å². The summed E-state index contributed by atoms with van der Waals surface area (Å²) in [5, 5.41) is 3.12. The van der Waals surface area contributed by atoms with Crippen molar-refractivity contribution in [3.05, 3.63) is 35.6 Å². The molecule has 1 aromatic rings. The third kappa shape index (κ3) is 3.07. The van der Waals surface area contributed by atoms with Crippen molar-refractivity contribution >= 4 is 29.9 Å². The monoisotopic (exact) mass is 335 g/mol. The van der Waals surface area contributed by atoms with Gasteiger partial charge >= 0.3 is 0 Å². The second-order valence-electron chi connectivity index (χ2n) is 3.57. The molecule has 1 aromatic carbocycles. The zero-order chi connectivity index (χ0) is 10.7. The molecule has 88 valence electrons. The quantitative estimate of drug-likeness (QED) is 0.836. The molecule has 0 spiro atoms. The molecule has 0 atom stereocenters. The molecule has 1 heterocycles. The number of benzene rings is 1. The van der Waals surface area contributed by atoms with E-state index in [1.165, 1.54) is 6.07 Å². The maximum absolute atomic E-state index is 13.3. The van der Waals surface area contributed by atoms with E-state index >= 15 is 0 Å². The number of halogens is 2. The minimum absolute atomic E-state index is 0. The fourth-order valence-corrected chi connectivity index (χ4v) is 1.54. The van der Waals surface area contributed by atoms with E-state index in [1.54, 1.807) is 12.1 Å². The van der Waals surface area contributed by atoms with Crippen molar-refractivity contribution < 1.29 is 4.39 Å². The molecule has 0 aromatic heterocycles. The number of nitrogens with one attached hydrogen (secondary N) is 1. The molecule has 0 radical (unpaired) electrons. The van der Waals surface area contributed by atoms with Crippen LogP contribution in [0.5, 0.6) is 0 Å². The summed E-state index contributed by atoms with van der Waals surface area (Å²) >= 11 is 0. The molecule has 1 aliphatic heterocycles. The molecule has 3 nitrogen and oxygen atoms in total. The average Bonchev–Trinajstić information content (AvgIpc) is 2.63. The van der Waals surface area contributed by atoms with Gasteiger partial charge in [-0.2, -0.15) is 0 Å². The van der Waals surface area contributed by atoms with E-state index in [-0.39, 0.29) is 29.8 Å². The van der Waals surface area contributed by atoms with Crippen molar-refractivity contribution in [2.24, 2.45) is 4.99 Å². The summed E-state index contributed by atoms with van der Waals surface area (Å²) in [7, 11) is 1.97. The van der Waals surface area contributed by atoms with Crippen molar-refractivity contribution in [1.29, 1.82) is 0 Å². The Balaban J connectivity index is 0.00000128. The predicted octanol–water partition coefficient (Wildman–Crippen LogP) is 1.83. The Bertz CT molecular complexity index is 381. The molecule has 0 fully saturated rings. The zero-order valence-electron chi connectivity index (χ0n) is 9.11. The van der Waals surface area contributed by atoms with E-state index in [9.17, 15) is 4.39 Å². The molecule has 1 N–H and O–H groups in total. The smallest absolute Gasteiger partial charge is 0.194 e. The van der Waals surface area contributed by atoms with E-state index < -0.39 is 0 Å². The van der Waals surface area contributed by atoms with Crippen LogP contribution in [-0.2, 0) is 6.54 Å². The minimum atomic E-state index is -0.175. The number of aliphatic imine (C=N–C) groups is 1. The SMILES string of the molecule is CN1CCN=C1NCc1ccccc1F.I. The lowest BCUT2D eigenvalue weighted by Gasteiger charge is -2.15. The van der Waals surface area contributed by atoms with Crippen LogP contribution < -0.4 is 5.32 Å². The van der Waals surface area contributed by atoms with Gasteiger partial charge in [-0.3, -0.25) is 4.99 Å². The maximum atomic E-state index is 13.3. The number of guanidine groups is 1. The Kier molecular flexibility index (Phi) is 4.98. The van der Waals surface area contributed by atoms with Gasteiger partial charge < -0.3 is 10.2 Å². The largest absolute Gasteiger partial charge is 0.352 e. The van der Waals surface area contributed by atoms with E-state index in [0.717, 1.165) is 19.0 Å². The molecule has 0 saturated carbocycles. The molecule has 0 bridgehead atoms. The molecule has 1 aliphatic rings. The van der Waals surface area contributed by atoms with Crippen molar-refractivity contribution in [1.82, 2.24) is 10.2 Å². The van der Waals surface area contributed by atoms with Crippen LogP contribution in [0.25, 0.3) is 0 Å². The summed E-state index contributed by atoms with van der Waals surface area (Å²) in [6, 6.07) is 6.77. The van der Waals surface area contributed by atoms with Gasteiger partial charge in [0.15, 0.2) is 5.96 Å². The van der Waals surface area contributed by atoms with E-state index in [0.29, 0.717) is 12.1 Å². The van der Waals surface area contributed by atoms with Crippen LogP contribution in [-0.4, -0.2) is 31.0 Å². The predicted molar refractivity (Wildman–Crippen MR) is 73.6 cm³/mol. The first-order chi connectivity index (χ1) is 7.27. The first-order valence-corrected chi connectivity index (χ1v) is 5.00. The Morgan fingerprint density at radius 2 is 2.19 bits per heavy atom. The van der Waals surface area contributed by atoms with Crippen LogP contribution in [0.1, 0.15) is 5.56 Å². The molecule has 0 unspecified atom stereocenters. The summed E-state index contributed by atoms with van der Waals surface area (Å²) in [5.74, 6) is 0.671. The van der Waals surface area contributed by atoms with Crippen molar-refractivity contribution in [3.63, 3.8) is 0 Å². The van der Waals surface area contributed by atoms with Crippen molar-refractivity contribution in [3.8, 4) is 0 Å². The van der Waals surface area contributed by atoms with Gasteiger partial charge in [-0.15, -0.1) is 24.0 Å². The minimum Gasteiger partial charge on any atom is -0.352 e. The Morgan fingerprint density at radius 1 is 1.44 bits per heavy atom. The highest BCUT2D eigenvalue weighted by Gasteiger charge is 2.11. The summed E-state index contributed by atoms with van der Waals surface area (Å²) < 4.78 is 13.3. The van der Waals surface area contributed by atoms with Gasteiger partial charge in [-0.1, -0.05) is 18.2 Å². The molecule has 2 rings (SSSR count). The first-order valence-electron chi connectivity index (χ1n) is 5.00. The highest BCUT2D eigenvalue weighted by atomic mass is 127. The summed E-state index contributed by atoms with van der Waals surface area (Å²) in [6.45, 7) is 2.23. The van der Waals surface area contributed by atoms with Gasteiger partial charge in [0.05, 0.1) is 6.54 Å². The van der Waals surface area contributed by atoms with Crippen LogP contribution >= 0.6 is 24.0 Å². The molecular formula is C11H15FIN3. The highest BCUT2D eigenvalue weighted by molar-refractivity contribution is 14.0. The molecule has 0 saturated heterocycles. The van der Waals surface area contributed by atoms with Gasteiger partial charge in [0.25, 0.3) is 0 Å². The van der Waals surface area contributed by atoms with Gasteiger partial charge in [-0.05, 0) is 6.07 Å². The van der Waals surface area contributed by atoms with Crippen LogP contribution in [0.4, 0.5) is 4.39 Å². The molecular weight excluding hydrogens is 320 g/mol. The number of rotatable bonds is 2. The van der Waals surface area contributed by atoms with Gasteiger partial charge in [-0.25, -0.2) is 4.39 Å². The van der Waals surface area contributed by atoms with Gasteiger partial charge in [0.2, 0.25) is 0 Å². The van der Waals surface area contributed by atoms with Crippen molar-refractivity contribution in [2.45, 2.75) is 6.54 Å². The molecule has 5 heteroatoms. The van der Waals surface area contributed by atoms with Crippen LogP contribution in [0.15, 0.2) is 29.3 Å². The Labute approximate surface area is 112 Å². The van der Waals surface area contributed by atoms with Crippen LogP contribution in [0, 0.1) is 5.82 Å². The zero-order valence-corrected chi connectivity index (χ0v) is 11.4. The van der Waals surface area contributed by atoms with Crippen molar-refractivity contribution in [2.75, 3.05) is 20.1 Å². The molecule has 16 heavy (non-hydrogen) atoms. The Hall–Kier alpha value is -0.850. The average molecular weight is 335 g/mol. The Morgan fingerprint density at radius 3 is 2.81 bits per heavy atom. The fourth-order valence-electron chi connectivity index (χ4n) is 1.54. The van der Waals surface area contributed by atoms with Crippen LogP contribution in [0.2, 0.25) is 0 Å². The fraction of sp³-hybridized carbons (Fsp3) is 0.364. The molecule has 0 aliphatic carbocycles. The number of likely N-dealkylation sites (N-methyl/N-ethyl adjacent to an activating group) is 1. The van der Waals surface area contributed by atoms with E-state index in [2.05, 4.69) is 10.3 Å². The first kappa shape index (κ1) is 13.2. The molecule has 0 amide bonds. The van der Waals surface area contributed by atoms with Crippen LogP contribution in [0.3, 0.4) is 0 Å². The lowest BCUT2D eigenvalue weighted by molar-refractivity contribution is 0.530. The third-order valence-corrected chi connectivity index (χ3v) is 2.45. The lowest BCUT2D eigenvalue weighted by atomic mass is 10.2. The van der Waals surface area contributed by atoms with E-state index in [4.69, 9.17) is 0 Å². The third-order valence-electron chi connectivity index (χ3n) is 2.45. The standard InChI is InChI=1S/C11H14FN3.HI/c1-15-7-6-13-11(15)14-8-9-4-2-3-5-10(9)12;/h2-5H,6-8H2,1H3,(H,13,14);1H. The number of hydrogen-bond donors (Lipinski definition) is 1. The summed E-state index contributed by atoms with van der Waals surface area (Å²) in [6.07, 6.45) is 0. The highest BCUT2D eigenvalue weighted by Crippen LogP contribution is 2.06. The summed E-state index contributed by atoms with van der Waals surface area (Å²) in [5.41, 5.74) is 0.667. The van der Waals surface area contributed by atoms with E-state index in [1.807, 2.05) is 18.0 Å². The number of hydrogen-bond acceptors (Lipinski definition) is 3. The second kappa shape index (κ2) is 6.03. The number of nitrogens with zero attached hydrogens (tertiary/aromatic N) is 2. The summed E-state index contributed by atoms with van der Waals surface area (Å²) in [4.78, 5) is 6.30.